The Morgan fingerprint density at radius 2 is 2.11 bits per heavy atom. The zero-order chi connectivity index (χ0) is 13.5. The van der Waals surface area contributed by atoms with Crippen LogP contribution >= 0.6 is 0 Å². The Hall–Kier alpha value is -1.39. The summed E-state index contributed by atoms with van der Waals surface area (Å²) in [4.78, 5) is 13.3. The van der Waals surface area contributed by atoms with Gasteiger partial charge in [0.2, 0.25) is 5.91 Å². The number of rotatable bonds is 7. The molecule has 1 aromatic rings. The van der Waals surface area contributed by atoms with Gasteiger partial charge in [-0.2, -0.15) is 0 Å². The van der Waals surface area contributed by atoms with E-state index in [1.165, 1.54) is 0 Å². The molecule has 1 aliphatic rings. The standard InChI is InChI=1S/C15H22N2O2/c18-14(13-6-2-1-3-7-13)12-16-9-5-11-17-10-4-8-15(17)19/h1-3,6-7,14,16,18H,4-5,8-12H2. The Kier molecular flexibility index (Phi) is 5.36. The van der Waals surface area contributed by atoms with Crippen LogP contribution in [0.4, 0.5) is 0 Å². The molecular formula is C15H22N2O2. The fraction of sp³-hybridized carbons (Fsp3) is 0.533. The molecule has 0 radical (unpaired) electrons. The molecule has 0 saturated carbocycles. The van der Waals surface area contributed by atoms with Gasteiger partial charge in [0.15, 0.2) is 0 Å². The number of nitrogens with one attached hydrogen (secondary N) is 1. The molecule has 1 amide bonds. The molecule has 1 fully saturated rings. The first-order chi connectivity index (χ1) is 9.27. The Balaban J connectivity index is 1.58. The third-order valence-electron chi connectivity index (χ3n) is 3.47. The maximum Gasteiger partial charge on any atom is 0.222 e. The van der Waals surface area contributed by atoms with E-state index < -0.39 is 6.10 Å². The maximum atomic E-state index is 11.4. The second-order valence-corrected chi connectivity index (χ2v) is 4.97. The Bertz CT molecular complexity index is 394. The summed E-state index contributed by atoms with van der Waals surface area (Å²) in [6.45, 7) is 3.12. The summed E-state index contributed by atoms with van der Waals surface area (Å²) in [5, 5.41) is 13.2. The van der Waals surface area contributed by atoms with Gasteiger partial charge in [-0.1, -0.05) is 30.3 Å². The Labute approximate surface area is 114 Å². The fourth-order valence-electron chi connectivity index (χ4n) is 2.37. The van der Waals surface area contributed by atoms with Crippen LogP contribution in [0.15, 0.2) is 30.3 Å². The molecule has 4 nitrogen and oxygen atoms in total. The third kappa shape index (κ3) is 4.33. The summed E-state index contributed by atoms with van der Waals surface area (Å²) in [5.41, 5.74) is 0.935. The minimum absolute atomic E-state index is 0.282. The van der Waals surface area contributed by atoms with Crippen molar-refractivity contribution in [2.75, 3.05) is 26.2 Å². The molecule has 1 unspecified atom stereocenters. The highest BCUT2D eigenvalue weighted by atomic mass is 16.3. The molecular weight excluding hydrogens is 240 g/mol. The molecule has 1 heterocycles. The van der Waals surface area contributed by atoms with Crippen LogP contribution in [-0.4, -0.2) is 42.1 Å². The summed E-state index contributed by atoms with van der Waals surface area (Å²) in [6, 6.07) is 9.65. The molecule has 0 spiro atoms. The minimum Gasteiger partial charge on any atom is -0.387 e. The number of benzene rings is 1. The van der Waals surface area contributed by atoms with Gasteiger partial charge >= 0.3 is 0 Å². The average molecular weight is 262 g/mol. The fourth-order valence-corrected chi connectivity index (χ4v) is 2.37. The predicted molar refractivity (Wildman–Crippen MR) is 74.7 cm³/mol. The number of aliphatic hydroxyl groups is 1. The van der Waals surface area contributed by atoms with Crippen molar-refractivity contribution in [3.05, 3.63) is 35.9 Å². The van der Waals surface area contributed by atoms with Crippen molar-refractivity contribution in [3.63, 3.8) is 0 Å². The lowest BCUT2D eigenvalue weighted by atomic mass is 10.1. The van der Waals surface area contributed by atoms with Crippen LogP contribution in [0, 0.1) is 0 Å². The molecule has 19 heavy (non-hydrogen) atoms. The van der Waals surface area contributed by atoms with Gasteiger partial charge in [0.1, 0.15) is 0 Å². The van der Waals surface area contributed by atoms with E-state index in [1.54, 1.807) is 0 Å². The number of carbonyl (C=O) groups is 1. The van der Waals surface area contributed by atoms with Crippen molar-refractivity contribution in [2.24, 2.45) is 0 Å². The molecule has 0 bridgehead atoms. The first-order valence-corrected chi connectivity index (χ1v) is 6.99. The van der Waals surface area contributed by atoms with Crippen LogP contribution in [0.1, 0.15) is 30.9 Å². The molecule has 1 aliphatic heterocycles. The van der Waals surface area contributed by atoms with E-state index in [0.717, 1.165) is 38.0 Å². The summed E-state index contributed by atoms with van der Waals surface area (Å²) in [7, 11) is 0. The van der Waals surface area contributed by atoms with Crippen molar-refractivity contribution >= 4 is 5.91 Å². The topological polar surface area (TPSA) is 52.6 Å². The van der Waals surface area contributed by atoms with E-state index in [4.69, 9.17) is 0 Å². The van der Waals surface area contributed by atoms with Gasteiger partial charge in [0.05, 0.1) is 6.10 Å². The number of hydrogen-bond donors (Lipinski definition) is 2. The van der Waals surface area contributed by atoms with Crippen LogP contribution < -0.4 is 5.32 Å². The predicted octanol–water partition coefficient (Wildman–Crippen LogP) is 1.32. The van der Waals surface area contributed by atoms with Gasteiger partial charge < -0.3 is 15.3 Å². The average Bonchev–Trinajstić information content (AvgIpc) is 2.85. The van der Waals surface area contributed by atoms with Crippen molar-refractivity contribution in [1.82, 2.24) is 10.2 Å². The van der Waals surface area contributed by atoms with Crippen molar-refractivity contribution in [1.29, 1.82) is 0 Å². The molecule has 104 valence electrons. The number of likely N-dealkylation sites (tertiary alicyclic amines) is 1. The van der Waals surface area contributed by atoms with E-state index in [0.29, 0.717) is 13.0 Å². The molecule has 1 atom stereocenters. The van der Waals surface area contributed by atoms with Gasteiger partial charge in [0.25, 0.3) is 0 Å². The smallest absolute Gasteiger partial charge is 0.222 e. The van der Waals surface area contributed by atoms with Crippen LogP contribution in [-0.2, 0) is 4.79 Å². The van der Waals surface area contributed by atoms with Crippen LogP contribution in [0.5, 0.6) is 0 Å². The second kappa shape index (κ2) is 7.26. The molecule has 0 aromatic heterocycles. The first-order valence-electron chi connectivity index (χ1n) is 6.99. The zero-order valence-electron chi connectivity index (χ0n) is 11.2. The van der Waals surface area contributed by atoms with Crippen molar-refractivity contribution in [2.45, 2.75) is 25.4 Å². The van der Waals surface area contributed by atoms with Crippen molar-refractivity contribution in [3.8, 4) is 0 Å². The lowest BCUT2D eigenvalue weighted by Gasteiger charge is -2.16. The van der Waals surface area contributed by atoms with Crippen LogP contribution in [0.25, 0.3) is 0 Å². The summed E-state index contributed by atoms with van der Waals surface area (Å²) in [6.07, 6.45) is 2.18. The highest BCUT2D eigenvalue weighted by Gasteiger charge is 2.18. The van der Waals surface area contributed by atoms with Gasteiger partial charge in [0, 0.05) is 26.1 Å². The summed E-state index contributed by atoms with van der Waals surface area (Å²) >= 11 is 0. The molecule has 2 rings (SSSR count). The molecule has 0 aliphatic carbocycles. The highest BCUT2D eigenvalue weighted by Crippen LogP contribution is 2.11. The number of amides is 1. The first kappa shape index (κ1) is 14.0. The molecule has 4 heteroatoms. The lowest BCUT2D eigenvalue weighted by Crippen LogP contribution is -2.29. The molecule has 1 aromatic carbocycles. The quantitative estimate of drug-likeness (QED) is 0.729. The van der Waals surface area contributed by atoms with Gasteiger partial charge in [-0.25, -0.2) is 0 Å². The van der Waals surface area contributed by atoms with E-state index in [9.17, 15) is 9.90 Å². The number of aliphatic hydroxyl groups excluding tert-OH is 1. The summed E-state index contributed by atoms with van der Waals surface area (Å²) in [5.74, 6) is 0.282. The summed E-state index contributed by atoms with van der Waals surface area (Å²) < 4.78 is 0. The van der Waals surface area contributed by atoms with Crippen LogP contribution in [0.3, 0.4) is 0 Å². The van der Waals surface area contributed by atoms with Gasteiger partial charge in [-0.3, -0.25) is 4.79 Å². The lowest BCUT2D eigenvalue weighted by molar-refractivity contribution is -0.127. The zero-order valence-corrected chi connectivity index (χ0v) is 11.2. The Morgan fingerprint density at radius 3 is 2.79 bits per heavy atom. The van der Waals surface area contributed by atoms with Gasteiger partial charge in [-0.15, -0.1) is 0 Å². The monoisotopic (exact) mass is 262 g/mol. The van der Waals surface area contributed by atoms with E-state index >= 15 is 0 Å². The maximum absolute atomic E-state index is 11.4. The SMILES string of the molecule is O=C1CCCN1CCCNCC(O)c1ccccc1. The largest absolute Gasteiger partial charge is 0.387 e. The second-order valence-electron chi connectivity index (χ2n) is 4.97. The highest BCUT2D eigenvalue weighted by molar-refractivity contribution is 5.77. The van der Waals surface area contributed by atoms with E-state index in [1.807, 2.05) is 35.2 Å². The number of carbonyl (C=O) groups excluding carboxylic acids is 1. The minimum atomic E-state index is -0.463. The normalized spacial score (nSPS) is 16.9. The molecule has 1 saturated heterocycles. The van der Waals surface area contributed by atoms with Crippen LogP contribution in [0.2, 0.25) is 0 Å². The van der Waals surface area contributed by atoms with E-state index in [2.05, 4.69) is 5.32 Å². The number of hydrogen-bond acceptors (Lipinski definition) is 3. The number of nitrogens with zero attached hydrogens (tertiary/aromatic N) is 1. The van der Waals surface area contributed by atoms with Gasteiger partial charge in [-0.05, 0) is 24.9 Å². The van der Waals surface area contributed by atoms with Crippen molar-refractivity contribution < 1.29 is 9.90 Å². The third-order valence-corrected chi connectivity index (χ3v) is 3.47. The Morgan fingerprint density at radius 1 is 1.32 bits per heavy atom. The van der Waals surface area contributed by atoms with E-state index in [-0.39, 0.29) is 5.91 Å². The molecule has 2 N–H and O–H groups in total.